The highest BCUT2D eigenvalue weighted by molar-refractivity contribution is 5.68. The minimum atomic E-state index is -0.434. The summed E-state index contributed by atoms with van der Waals surface area (Å²) in [6.07, 6.45) is 5.82. The van der Waals surface area contributed by atoms with E-state index in [4.69, 9.17) is 4.74 Å². The number of carbonyl (C=O) groups is 1. The molecular formula is C16H28N4O2. The Morgan fingerprint density at radius 2 is 2.27 bits per heavy atom. The summed E-state index contributed by atoms with van der Waals surface area (Å²) in [5, 5.41) is 7.67. The van der Waals surface area contributed by atoms with Crippen LogP contribution >= 0.6 is 0 Å². The van der Waals surface area contributed by atoms with E-state index in [1.54, 1.807) is 0 Å². The molecule has 2 heterocycles. The van der Waals surface area contributed by atoms with Crippen molar-refractivity contribution in [1.29, 1.82) is 0 Å². The van der Waals surface area contributed by atoms with E-state index in [-0.39, 0.29) is 6.09 Å². The predicted octanol–water partition coefficient (Wildman–Crippen LogP) is 2.96. The van der Waals surface area contributed by atoms with E-state index in [1.165, 1.54) is 0 Å². The molecule has 1 atom stereocenters. The number of hydrogen-bond donors (Lipinski definition) is 1. The molecule has 1 amide bonds. The minimum absolute atomic E-state index is 0.198. The number of rotatable bonds is 4. The lowest BCUT2D eigenvalue weighted by Crippen LogP contribution is -2.44. The van der Waals surface area contributed by atoms with Gasteiger partial charge in [-0.1, -0.05) is 0 Å². The standard InChI is InChI=1S/C16H28N4O2/c1-5-20-12-14(10-18-20)17-9-13-7-6-8-19(11-13)15(21)22-16(2,3)4/h10,12-13,17H,5-9,11H2,1-4H3. The second-order valence-corrected chi connectivity index (χ2v) is 6.90. The molecule has 1 aromatic rings. The fraction of sp³-hybridized carbons (Fsp3) is 0.750. The molecule has 0 bridgehead atoms. The molecule has 1 aliphatic heterocycles. The van der Waals surface area contributed by atoms with Gasteiger partial charge in [-0.3, -0.25) is 4.68 Å². The fourth-order valence-corrected chi connectivity index (χ4v) is 2.61. The molecule has 124 valence electrons. The summed E-state index contributed by atoms with van der Waals surface area (Å²) >= 11 is 0. The van der Waals surface area contributed by atoms with Gasteiger partial charge in [-0.15, -0.1) is 0 Å². The first-order valence-electron chi connectivity index (χ1n) is 8.11. The number of nitrogens with one attached hydrogen (secondary N) is 1. The van der Waals surface area contributed by atoms with Crippen LogP contribution in [0.4, 0.5) is 10.5 Å². The summed E-state index contributed by atoms with van der Waals surface area (Å²) in [6, 6.07) is 0. The average molecular weight is 308 g/mol. The monoisotopic (exact) mass is 308 g/mol. The van der Waals surface area contributed by atoms with E-state index in [1.807, 2.05) is 42.7 Å². The Bertz CT molecular complexity index is 493. The Balaban J connectivity index is 1.81. The molecule has 1 fully saturated rings. The van der Waals surface area contributed by atoms with E-state index in [0.29, 0.717) is 5.92 Å². The summed E-state index contributed by atoms with van der Waals surface area (Å²) < 4.78 is 7.36. The minimum Gasteiger partial charge on any atom is -0.444 e. The molecule has 0 aromatic carbocycles. The van der Waals surface area contributed by atoms with Crippen LogP contribution in [0.5, 0.6) is 0 Å². The van der Waals surface area contributed by atoms with Crippen LogP contribution < -0.4 is 5.32 Å². The van der Waals surface area contributed by atoms with Crippen LogP contribution in [0.25, 0.3) is 0 Å². The van der Waals surface area contributed by atoms with Gasteiger partial charge < -0.3 is 15.0 Å². The number of piperidine rings is 1. The van der Waals surface area contributed by atoms with Crippen LogP contribution in [0.15, 0.2) is 12.4 Å². The highest BCUT2D eigenvalue weighted by Crippen LogP contribution is 2.20. The molecule has 22 heavy (non-hydrogen) atoms. The fourth-order valence-electron chi connectivity index (χ4n) is 2.61. The Morgan fingerprint density at radius 3 is 2.91 bits per heavy atom. The van der Waals surface area contributed by atoms with Crippen molar-refractivity contribution < 1.29 is 9.53 Å². The van der Waals surface area contributed by atoms with Crippen LogP contribution in [0.1, 0.15) is 40.5 Å². The first-order chi connectivity index (χ1) is 10.4. The molecule has 2 rings (SSSR count). The van der Waals surface area contributed by atoms with Gasteiger partial charge >= 0.3 is 6.09 Å². The van der Waals surface area contributed by atoms with Crippen LogP contribution in [0.2, 0.25) is 0 Å². The van der Waals surface area contributed by atoms with Crippen LogP contribution in [-0.2, 0) is 11.3 Å². The molecule has 1 aliphatic rings. The topological polar surface area (TPSA) is 59.4 Å². The van der Waals surface area contributed by atoms with Crippen molar-refractivity contribution >= 4 is 11.8 Å². The van der Waals surface area contributed by atoms with E-state index in [9.17, 15) is 4.79 Å². The molecule has 0 aliphatic carbocycles. The lowest BCUT2D eigenvalue weighted by atomic mass is 9.98. The maximum absolute atomic E-state index is 12.1. The third-order valence-corrected chi connectivity index (χ3v) is 3.72. The zero-order valence-corrected chi connectivity index (χ0v) is 14.1. The Labute approximate surface area is 132 Å². The zero-order chi connectivity index (χ0) is 16.2. The van der Waals surface area contributed by atoms with Gasteiger partial charge in [0.2, 0.25) is 0 Å². The number of hydrogen-bond acceptors (Lipinski definition) is 4. The van der Waals surface area contributed by atoms with Crippen molar-refractivity contribution in [1.82, 2.24) is 14.7 Å². The summed E-state index contributed by atoms with van der Waals surface area (Å²) in [6.45, 7) is 11.0. The second kappa shape index (κ2) is 7.03. The number of aryl methyl sites for hydroxylation is 1. The van der Waals surface area contributed by atoms with E-state index in [0.717, 1.165) is 44.7 Å². The highest BCUT2D eigenvalue weighted by Gasteiger charge is 2.27. The number of aromatic nitrogens is 2. The molecule has 6 nitrogen and oxygen atoms in total. The van der Waals surface area contributed by atoms with Crippen molar-refractivity contribution in [3.63, 3.8) is 0 Å². The third kappa shape index (κ3) is 4.93. The van der Waals surface area contributed by atoms with Gasteiger partial charge in [0, 0.05) is 32.4 Å². The van der Waals surface area contributed by atoms with Gasteiger partial charge in [-0.2, -0.15) is 5.10 Å². The molecule has 1 unspecified atom stereocenters. The molecule has 1 aromatic heterocycles. The largest absolute Gasteiger partial charge is 0.444 e. The maximum Gasteiger partial charge on any atom is 0.410 e. The van der Waals surface area contributed by atoms with Crippen LogP contribution in [-0.4, -0.2) is 46.0 Å². The number of carbonyl (C=O) groups excluding carboxylic acids is 1. The zero-order valence-electron chi connectivity index (χ0n) is 14.1. The van der Waals surface area contributed by atoms with Crippen LogP contribution in [0.3, 0.4) is 0 Å². The van der Waals surface area contributed by atoms with E-state index < -0.39 is 5.60 Å². The second-order valence-electron chi connectivity index (χ2n) is 6.90. The number of nitrogens with zero attached hydrogens (tertiary/aromatic N) is 3. The van der Waals surface area contributed by atoms with Gasteiger partial charge in [0.1, 0.15) is 5.60 Å². The Hall–Kier alpha value is -1.72. The van der Waals surface area contributed by atoms with Crippen molar-refractivity contribution in [2.24, 2.45) is 5.92 Å². The van der Waals surface area contributed by atoms with Crippen LogP contribution in [0, 0.1) is 5.92 Å². The van der Waals surface area contributed by atoms with E-state index in [2.05, 4.69) is 17.3 Å². The van der Waals surface area contributed by atoms with E-state index >= 15 is 0 Å². The molecule has 0 spiro atoms. The molecule has 1 N–H and O–H groups in total. The number of ether oxygens (including phenoxy) is 1. The normalized spacial score (nSPS) is 19.1. The van der Waals surface area contributed by atoms with Gasteiger partial charge in [0.25, 0.3) is 0 Å². The third-order valence-electron chi connectivity index (χ3n) is 3.72. The van der Waals surface area contributed by atoms with Crippen molar-refractivity contribution in [3.05, 3.63) is 12.4 Å². The lowest BCUT2D eigenvalue weighted by Gasteiger charge is -2.34. The molecule has 6 heteroatoms. The van der Waals surface area contributed by atoms with Crippen molar-refractivity contribution in [3.8, 4) is 0 Å². The molecule has 1 saturated heterocycles. The van der Waals surface area contributed by atoms with Crippen molar-refractivity contribution in [2.45, 2.75) is 52.7 Å². The molecule has 0 saturated carbocycles. The smallest absolute Gasteiger partial charge is 0.410 e. The molecule has 0 radical (unpaired) electrons. The quantitative estimate of drug-likeness (QED) is 0.929. The first-order valence-corrected chi connectivity index (χ1v) is 8.11. The average Bonchev–Trinajstić information content (AvgIpc) is 2.92. The summed E-state index contributed by atoms with van der Waals surface area (Å²) in [5.74, 6) is 0.450. The van der Waals surface area contributed by atoms with Gasteiger partial charge in [-0.05, 0) is 46.5 Å². The number of anilines is 1. The molecular weight excluding hydrogens is 280 g/mol. The van der Waals surface area contributed by atoms with Gasteiger partial charge in [0.15, 0.2) is 0 Å². The highest BCUT2D eigenvalue weighted by atomic mass is 16.6. The van der Waals surface area contributed by atoms with Crippen molar-refractivity contribution in [2.75, 3.05) is 25.0 Å². The Kier molecular flexibility index (Phi) is 5.32. The Morgan fingerprint density at radius 1 is 1.50 bits per heavy atom. The number of likely N-dealkylation sites (tertiary alicyclic amines) is 1. The first kappa shape index (κ1) is 16.6. The predicted molar refractivity (Wildman–Crippen MR) is 86.9 cm³/mol. The summed E-state index contributed by atoms with van der Waals surface area (Å²) in [4.78, 5) is 14.0. The number of amides is 1. The maximum atomic E-state index is 12.1. The van der Waals surface area contributed by atoms with Gasteiger partial charge in [-0.25, -0.2) is 4.79 Å². The summed E-state index contributed by atoms with van der Waals surface area (Å²) in [5.41, 5.74) is 0.605. The SMILES string of the molecule is CCn1cc(NCC2CCCN(C(=O)OC(C)(C)C)C2)cn1. The summed E-state index contributed by atoms with van der Waals surface area (Å²) in [7, 11) is 0. The lowest BCUT2D eigenvalue weighted by molar-refractivity contribution is 0.0172. The van der Waals surface area contributed by atoms with Gasteiger partial charge in [0.05, 0.1) is 11.9 Å².